The van der Waals surface area contributed by atoms with Crippen LogP contribution in [-0.4, -0.2) is 16.3 Å². The van der Waals surface area contributed by atoms with Gasteiger partial charge in [-0.05, 0) is 36.5 Å². The summed E-state index contributed by atoms with van der Waals surface area (Å²) < 4.78 is 5.63. The first-order valence-electron chi connectivity index (χ1n) is 7.61. The van der Waals surface area contributed by atoms with Gasteiger partial charge in [0.05, 0.1) is 11.1 Å². The summed E-state index contributed by atoms with van der Waals surface area (Å²) >= 11 is 5.14. The van der Waals surface area contributed by atoms with Crippen molar-refractivity contribution in [2.24, 2.45) is 5.10 Å². The fourth-order valence-corrected chi connectivity index (χ4v) is 2.36. The minimum absolute atomic E-state index is 0.00752. The maximum absolute atomic E-state index is 10.9. The Balaban J connectivity index is 1.61. The lowest BCUT2D eigenvalue weighted by Crippen LogP contribution is -2.23. The Morgan fingerprint density at radius 1 is 1.12 bits per heavy atom. The van der Waals surface area contributed by atoms with Gasteiger partial charge < -0.3 is 9.73 Å². The summed E-state index contributed by atoms with van der Waals surface area (Å²) in [7, 11) is 0. The number of benzene rings is 2. The zero-order valence-electron chi connectivity index (χ0n) is 13.5. The highest BCUT2D eigenvalue weighted by molar-refractivity contribution is 7.80. The van der Waals surface area contributed by atoms with Gasteiger partial charge in [0.15, 0.2) is 5.11 Å². The van der Waals surface area contributed by atoms with Crippen molar-refractivity contribution in [3.05, 3.63) is 82.6 Å². The summed E-state index contributed by atoms with van der Waals surface area (Å²) in [5, 5.41) is 18.2. The SMILES string of the molecule is O=[N+]([O-])c1cccc(-c2ccc(/C=N\NC(=S)Nc3ccccc3)o2)c1. The van der Waals surface area contributed by atoms with Crippen molar-refractivity contribution in [2.75, 3.05) is 5.32 Å². The number of hydrogen-bond acceptors (Lipinski definition) is 5. The van der Waals surface area contributed by atoms with Crippen molar-refractivity contribution in [1.29, 1.82) is 0 Å². The summed E-state index contributed by atoms with van der Waals surface area (Å²) in [5.74, 6) is 1.00. The molecule has 0 radical (unpaired) electrons. The number of nitro benzene ring substituents is 1. The van der Waals surface area contributed by atoms with Crippen LogP contribution in [-0.2, 0) is 0 Å². The van der Waals surface area contributed by atoms with Crippen LogP contribution < -0.4 is 10.7 Å². The highest BCUT2D eigenvalue weighted by atomic mass is 32.1. The van der Waals surface area contributed by atoms with E-state index in [1.54, 1.807) is 24.3 Å². The average molecular weight is 366 g/mol. The normalized spacial score (nSPS) is 10.6. The van der Waals surface area contributed by atoms with Crippen molar-refractivity contribution in [1.82, 2.24) is 5.43 Å². The van der Waals surface area contributed by atoms with Crippen LogP contribution in [0.15, 0.2) is 76.2 Å². The standard InChI is InChI=1S/C18H14N4O3S/c23-22(24)15-8-4-5-13(11-15)17-10-9-16(25-17)12-19-21-18(26)20-14-6-2-1-3-7-14/h1-12H,(H2,20,21,26)/b19-12-. The number of nitro groups is 1. The monoisotopic (exact) mass is 366 g/mol. The molecule has 2 N–H and O–H groups in total. The molecule has 0 aliphatic rings. The topological polar surface area (TPSA) is 92.7 Å². The molecule has 1 aromatic heterocycles. The molecule has 7 nitrogen and oxygen atoms in total. The second-order valence-electron chi connectivity index (χ2n) is 5.20. The number of hydrogen-bond donors (Lipinski definition) is 2. The summed E-state index contributed by atoms with van der Waals surface area (Å²) in [6, 6.07) is 19.1. The fraction of sp³-hybridized carbons (Fsp3) is 0. The lowest BCUT2D eigenvalue weighted by Gasteiger charge is -2.05. The summed E-state index contributed by atoms with van der Waals surface area (Å²) in [6.45, 7) is 0. The van der Waals surface area contributed by atoms with Gasteiger partial charge in [0.25, 0.3) is 5.69 Å². The molecule has 130 valence electrons. The molecule has 0 amide bonds. The third-order valence-electron chi connectivity index (χ3n) is 3.36. The van der Waals surface area contributed by atoms with E-state index in [1.807, 2.05) is 30.3 Å². The third-order valence-corrected chi connectivity index (χ3v) is 3.55. The molecule has 0 unspecified atom stereocenters. The highest BCUT2D eigenvalue weighted by Crippen LogP contribution is 2.25. The van der Waals surface area contributed by atoms with E-state index in [4.69, 9.17) is 16.6 Å². The molecule has 0 spiro atoms. The lowest BCUT2D eigenvalue weighted by molar-refractivity contribution is -0.384. The van der Waals surface area contributed by atoms with Gasteiger partial charge in [-0.3, -0.25) is 15.5 Å². The third kappa shape index (κ3) is 4.52. The van der Waals surface area contributed by atoms with E-state index in [2.05, 4.69) is 15.8 Å². The molecular weight excluding hydrogens is 352 g/mol. The van der Waals surface area contributed by atoms with E-state index < -0.39 is 4.92 Å². The van der Waals surface area contributed by atoms with E-state index in [9.17, 15) is 10.1 Å². The molecule has 3 aromatic rings. The average Bonchev–Trinajstić information content (AvgIpc) is 3.11. The Hall–Kier alpha value is -3.52. The number of furan rings is 1. The molecule has 0 atom stereocenters. The molecule has 3 rings (SSSR count). The predicted molar refractivity (Wildman–Crippen MR) is 104 cm³/mol. The van der Waals surface area contributed by atoms with E-state index in [1.165, 1.54) is 18.3 Å². The predicted octanol–water partition coefficient (Wildman–Crippen LogP) is 4.18. The van der Waals surface area contributed by atoms with Gasteiger partial charge in [0, 0.05) is 23.4 Å². The van der Waals surface area contributed by atoms with Gasteiger partial charge in [-0.15, -0.1) is 0 Å². The van der Waals surface area contributed by atoms with E-state index >= 15 is 0 Å². The van der Waals surface area contributed by atoms with E-state index in [0.29, 0.717) is 22.2 Å². The van der Waals surface area contributed by atoms with Crippen LogP contribution >= 0.6 is 12.2 Å². The smallest absolute Gasteiger partial charge is 0.270 e. The van der Waals surface area contributed by atoms with Gasteiger partial charge in [-0.1, -0.05) is 30.3 Å². The summed E-state index contributed by atoms with van der Waals surface area (Å²) in [6.07, 6.45) is 1.47. The molecule has 0 saturated carbocycles. The quantitative estimate of drug-likeness (QED) is 0.305. The first kappa shape index (κ1) is 17.3. The van der Waals surface area contributed by atoms with Gasteiger partial charge in [-0.2, -0.15) is 5.10 Å². The number of nitrogens with zero attached hydrogens (tertiary/aromatic N) is 2. The molecule has 0 aliphatic heterocycles. The van der Waals surface area contributed by atoms with Crippen LogP contribution in [0.2, 0.25) is 0 Å². The minimum Gasteiger partial charge on any atom is -0.455 e. The number of nitrogens with one attached hydrogen (secondary N) is 2. The van der Waals surface area contributed by atoms with Gasteiger partial charge in [0.1, 0.15) is 11.5 Å². The van der Waals surface area contributed by atoms with Gasteiger partial charge >= 0.3 is 0 Å². The van der Waals surface area contributed by atoms with Crippen molar-refractivity contribution >= 4 is 34.9 Å². The molecule has 26 heavy (non-hydrogen) atoms. The molecule has 0 bridgehead atoms. The van der Waals surface area contributed by atoms with Crippen LogP contribution in [0.4, 0.5) is 11.4 Å². The van der Waals surface area contributed by atoms with Crippen molar-refractivity contribution in [2.45, 2.75) is 0 Å². The number of non-ortho nitro benzene ring substituents is 1. The van der Waals surface area contributed by atoms with Crippen molar-refractivity contribution < 1.29 is 9.34 Å². The Labute approximate surface area is 154 Å². The maximum Gasteiger partial charge on any atom is 0.270 e. The Kier molecular flexibility index (Phi) is 5.35. The van der Waals surface area contributed by atoms with Gasteiger partial charge in [-0.25, -0.2) is 0 Å². The molecule has 0 aliphatic carbocycles. The number of thiocarbonyl (C=S) groups is 1. The summed E-state index contributed by atoms with van der Waals surface area (Å²) in [5.41, 5.74) is 4.17. The largest absolute Gasteiger partial charge is 0.455 e. The molecular formula is C18H14N4O3S. The van der Waals surface area contributed by atoms with Crippen LogP contribution in [0, 0.1) is 10.1 Å². The Morgan fingerprint density at radius 3 is 2.69 bits per heavy atom. The van der Waals surface area contributed by atoms with Gasteiger partial charge in [0.2, 0.25) is 0 Å². The van der Waals surface area contributed by atoms with Crippen LogP contribution in [0.1, 0.15) is 5.76 Å². The maximum atomic E-state index is 10.9. The molecule has 8 heteroatoms. The molecule has 0 saturated heterocycles. The number of para-hydroxylation sites is 1. The second-order valence-corrected chi connectivity index (χ2v) is 5.61. The van der Waals surface area contributed by atoms with Crippen LogP contribution in [0.25, 0.3) is 11.3 Å². The molecule has 2 aromatic carbocycles. The highest BCUT2D eigenvalue weighted by Gasteiger charge is 2.09. The second kappa shape index (κ2) is 8.04. The lowest BCUT2D eigenvalue weighted by atomic mass is 10.1. The van der Waals surface area contributed by atoms with E-state index in [-0.39, 0.29) is 5.69 Å². The zero-order chi connectivity index (χ0) is 18.4. The number of hydrazone groups is 1. The minimum atomic E-state index is -0.445. The molecule has 1 heterocycles. The van der Waals surface area contributed by atoms with Crippen LogP contribution in [0.5, 0.6) is 0 Å². The first-order valence-corrected chi connectivity index (χ1v) is 8.02. The Morgan fingerprint density at radius 2 is 1.92 bits per heavy atom. The van der Waals surface area contributed by atoms with E-state index in [0.717, 1.165) is 5.69 Å². The fourth-order valence-electron chi connectivity index (χ4n) is 2.19. The molecule has 0 fully saturated rings. The number of anilines is 1. The van der Waals surface area contributed by atoms with Crippen molar-refractivity contribution in [3.63, 3.8) is 0 Å². The number of rotatable bonds is 5. The van der Waals surface area contributed by atoms with Crippen LogP contribution in [0.3, 0.4) is 0 Å². The zero-order valence-corrected chi connectivity index (χ0v) is 14.3. The van der Waals surface area contributed by atoms with Crippen molar-refractivity contribution in [3.8, 4) is 11.3 Å². The summed E-state index contributed by atoms with van der Waals surface area (Å²) in [4.78, 5) is 10.4. The first-order chi connectivity index (χ1) is 12.6. The Bertz CT molecular complexity index is 954.